The monoisotopic (exact) mass is 258 g/mol. The van der Waals surface area contributed by atoms with E-state index >= 15 is 0 Å². The van der Waals surface area contributed by atoms with Crippen LogP contribution in [0.1, 0.15) is 11.3 Å². The van der Waals surface area contributed by atoms with Gasteiger partial charge in [0, 0.05) is 30.5 Å². The van der Waals surface area contributed by atoms with Gasteiger partial charge < -0.3 is 20.1 Å². The quantitative estimate of drug-likeness (QED) is 0.624. The van der Waals surface area contributed by atoms with Crippen LogP contribution in [-0.4, -0.2) is 40.5 Å². The summed E-state index contributed by atoms with van der Waals surface area (Å²) in [5.41, 5.74) is 0. The second kappa shape index (κ2) is 9.41. The summed E-state index contributed by atoms with van der Waals surface area (Å²) in [6, 6.07) is 2.08. The Morgan fingerprint density at radius 2 is 2.00 bits per heavy atom. The fraction of sp³-hybridized carbons (Fsp3) is 0.667. The largest absolute Gasteiger partial charge is 0.496 e. The number of hydrogen-bond acceptors (Lipinski definition) is 5. The number of thiophene rings is 1. The van der Waals surface area contributed by atoms with Crippen LogP contribution in [0.15, 0.2) is 11.4 Å². The fourth-order valence-electron chi connectivity index (χ4n) is 1.41. The average Bonchev–Trinajstić information content (AvgIpc) is 2.80. The first kappa shape index (κ1) is 14.4. The summed E-state index contributed by atoms with van der Waals surface area (Å²) in [5, 5.41) is 8.76. The Morgan fingerprint density at radius 1 is 1.18 bits per heavy atom. The van der Waals surface area contributed by atoms with Gasteiger partial charge in [0.25, 0.3) is 0 Å². The van der Waals surface area contributed by atoms with Crippen LogP contribution in [0.4, 0.5) is 0 Å². The zero-order valence-corrected chi connectivity index (χ0v) is 11.4. The van der Waals surface area contributed by atoms with Gasteiger partial charge in [0.15, 0.2) is 0 Å². The van der Waals surface area contributed by atoms with Crippen molar-refractivity contribution in [2.45, 2.75) is 13.0 Å². The smallest absolute Gasteiger partial charge is 0.129 e. The molecule has 0 bridgehead atoms. The molecule has 0 aliphatic heterocycles. The van der Waals surface area contributed by atoms with Crippen molar-refractivity contribution in [1.29, 1.82) is 0 Å². The molecule has 1 aromatic heterocycles. The molecular weight excluding hydrogens is 236 g/mol. The van der Waals surface area contributed by atoms with Gasteiger partial charge in [0.05, 0.1) is 13.7 Å². The molecule has 1 heterocycles. The van der Waals surface area contributed by atoms with E-state index < -0.39 is 0 Å². The number of ether oxygens (including phenoxy) is 2. The maximum Gasteiger partial charge on any atom is 0.129 e. The summed E-state index contributed by atoms with van der Waals surface area (Å²) in [4.78, 5) is 1.31. The van der Waals surface area contributed by atoms with Gasteiger partial charge in [-0.2, -0.15) is 0 Å². The zero-order chi connectivity index (χ0) is 12.3. The molecule has 98 valence electrons. The van der Waals surface area contributed by atoms with Crippen LogP contribution in [0.2, 0.25) is 0 Å². The van der Waals surface area contributed by atoms with Gasteiger partial charge in [0.1, 0.15) is 5.75 Å². The molecule has 0 aromatic carbocycles. The van der Waals surface area contributed by atoms with E-state index in [9.17, 15) is 0 Å². The van der Waals surface area contributed by atoms with Crippen molar-refractivity contribution in [1.82, 2.24) is 10.6 Å². The lowest BCUT2D eigenvalue weighted by Gasteiger charge is -2.04. The van der Waals surface area contributed by atoms with E-state index in [0.29, 0.717) is 0 Å². The molecule has 17 heavy (non-hydrogen) atoms. The van der Waals surface area contributed by atoms with Crippen molar-refractivity contribution in [3.8, 4) is 5.75 Å². The standard InChI is InChI=1S/C12H22N2O2S/c1-15-7-6-13-4-3-5-14-9-12-8-11(16-2)10-17-12/h8,10,13-14H,3-7,9H2,1-2H3. The summed E-state index contributed by atoms with van der Waals surface area (Å²) in [7, 11) is 3.42. The van der Waals surface area contributed by atoms with Crippen LogP contribution in [-0.2, 0) is 11.3 Å². The van der Waals surface area contributed by atoms with Gasteiger partial charge in [-0.3, -0.25) is 0 Å². The first-order chi connectivity index (χ1) is 8.36. The lowest BCUT2D eigenvalue weighted by atomic mass is 10.4. The predicted molar refractivity (Wildman–Crippen MR) is 71.9 cm³/mol. The van der Waals surface area contributed by atoms with Crippen LogP contribution in [0.25, 0.3) is 0 Å². The van der Waals surface area contributed by atoms with E-state index in [-0.39, 0.29) is 0 Å². The maximum atomic E-state index is 5.14. The molecule has 1 aromatic rings. The maximum absolute atomic E-state index is 5.14. The van der Waals surface area contributed by atoms with Crippen LogP contribution in [0.5, 0.6) is 5.75 Å². The van der Waals surface area contributed by atoms with Crippen LogP contribution in [0, 0.1) is 0 Å². The molecule has 1 rings (SSSR count). The molecule has 0 saturated carbocycles. The molecule has 0 atom stereocenters. The lowest BCUT2D eigenvalue weighted by Crippen LogP contribution is -2.24. The van der Waals surface area contributed by atoms with Gasteiger partial charge in [-0.05, 0) is 25.6 Å². The highest BCUT2D eigenvalue weighted by molar-refractivity contribution is 7.10. The third-order valence-corrected chi connectivity index (χ3v) is 3.27. The molecule has 0 fully saturated rings. The highest BCUT2D eigenvalue weighted by Gasteiger charge is 1.98. The predicted octanol–water partition coefficient (Wildman–Crippen LogP) is 1.47. The highest BCUT2D eigenvalue weighted by atomic mass is 32.1. The third-order valence-electron chi connectivity index (χ3n) is 2.35. The first-order valence-electron chi connectivity index (χ1n) is 5.88. The summed E-state index contributed by atoms with van der Waals surface area (Å²) in [6.07, 6.45) is 1.13. The van der Waals surface area contributed by atoms with Crippen LogP contribution in [0.3, 0.4) is 0 Å². The van der Waals surface area contributed by atoms with Gasteiger partial charge in [0.2, 0.25) is 0 Å². The van der Waals surface area contributed by atoms with E-state index in [1.54, 1.807) is 25.6 Å². The molecule has 0 amide bonds. The second-order valence-electron chi connectivity index (χ2n) is 3.73. The Labute approximate surface area is 107 Å². The van der Waals surface area contributed by atoms with Crippen LogP contribution < -0.4 is 15.4 Å². The molecule has 4 nitrogen and oxygen atoms in total. The minimum Gasteiger partial charge on any atom is -0.496 e. The number of nitrogens with one attached hydrogen (secondary N) is 2. The number of methoxy groups -OCH3 is 2. The van der Waals surface area contributed by atoms with E-state index in [1.807, 2.05) is 5.38 Å². The fourth-order valence-corrected chi connectivity index (χ4v) is 2.21. The summed E-state index contributed by atoms with van der Waals surface area (Å²) >= 11 is 1.73. The van der Waals surface area contributed by atoms with E-state index in [2.05, 4.69) is 16.7 Å². The Bertz CT molecular complexity index is 292. The van der Waals surface area contributed by atoms with E-state index in [4.69, 9.17) is 9.47 Å². The van der Waals surface area contributed by atoms with Gasteiger partial charge in [-0.1, -0.05) is 0 Å². The van der Waals surface area contributed by atoms with Crippen molar-refractivity contribution in [2.75, 3.05) is 40.5 Å². The van der Waals surface area contributed by atoms with Crippen molar-refractivity contribution in [3.63, 3.8) is 0 Å². The number of rotatable bonds is 10. The molecule has 2 N–H and O–H groups in total. The van der Waals surface area contributed by atoms with Crippen molar-refractivity contribution < 1.29 is 9.47 Å². The van der Waals surface area contributed by atoms with Crippen molar-refractivity contribution in [3.05, 3.63) is 16.3 Å². The summed E-state index contributed by atoms with van der Waals surface area (Å²) < 4.78 is 10.1. The topological polar surface area (TPSA) is 42.5 Å². The molecule has 0 saturated heterocycles. The van der Waals surface area contributed by atoms with Gasteiger partial charge in [-0.15, -0.1) is 11.3 Å². The molecule has 0 spiro atoms. The van der Waals surface area contributed by atoms with Gasteiger partial charge in [-0.25, -0.2) is 0 Å². The lowest BCUT2D eigenvalue weighted by molar-refractivity contribution is 0.199. The molecule has 0 aliphatic rings. The minimum atomic E-state index is 0.780. The molecule has 5 heteroatoms. The summed E-state index contributed by atoms with van der Waals surface area (Å²) in [5.74, 6) is 0.952. The number of hydrogen-bond donors (Lipinski definition) is 2. The van der Waals surface area contributed by atoms with Crippen molar-refractivity contribution >= 4 is 11.3 Å². The Hall–Kier alpha value is -0.620. The summed E-state index contributed by atoms with van der Waals surface area (Å²) in [6.45, 7) is 4.69. The van der Waals surface area contributed by atoms with E-state index in [0.717, 1.165) is 45.0 Å². The molecule has 0 unspecified atom stereocenters. The SMILES string of the molecule is COCCNCCCNCc1cc(OC)cs1. The highest BCUT2D eigenvalue weighted by Crippen LogP contribution is 2.20. The Kier molecular flexibility index (Phi) is 8.00. The van der Waals surface area contributed by atoms with Gasteiger partial charge >= 0.3 is 0 Å². The zero-order valence-electron chi connectivity index (χ0n) is 10.6. The minimum absolute atomic E-state index is 0.780. The normalized spacial score (nSPS) is 10.7. The second-order valence-corrected chi connectivity index (χ2v) is 4.72. The first-order valence-corrected chi connectivity index (χ1v) is 6.76. The molecular formula is C12H22N2O2S. The third kappa shape index (κ3) is 6.63. The Morgan fingerprint density at radius 3 is 2.71 bits per heavy atom. The molecule has 0 aliphatic carbocycles. The Balaban J connectivity index is 1.93. The van der Waals surface area contributed by atoms with E-state index in [1.165, 1.54) is 4.88 Å². The van der Waals surface area contributed by atoms with Crippen LogP contribution >= 0.6 is 11.3 Å². The van der Waals surface area contributed by atoms with Crippen molar-refractivity contribution in [2.24, 2.45) is 0 Å². The molecule has 0 radical (unpaired) electrons. The average molecular weight is 258 g/mol.